The van der Waals surface area contributed by atoms with Gasteiger partial charge in [0.1, 0.15) is 5.25 Å². The minimum absolute atomic E-state index is 0. The number of hydrogen-bond acceptors (Lipinski definition) is 8. The predicted octanol–water partition coefficient (Wildman–Crippen LogP) is 2.21. The van der Waals surface area contributed by atoms with E-state index < -0.39 is 17.2 Å². The molecule has 0 aromatic heterocycles. The van der Waals surface area contributed by atoms with Crippen molar-refractivity contribution in [1.82, 2.24) is 0 Å². The first kappa shape index (κ1) is 33.3. The Balaban J connectivity index is 0. The van der Waals surface area contributed by atoms with Crippen molar-refractivity contribution in [2.75, 3.05) is 13.2 Å². The normalized spacial score (nSPS) is 11.6. The average Bonchev–Trinajstić information content (AvgIpc) is 2.74. The van der Waals surface area contributed by atoms with Gasteiger partial charge >= 0.3 is 41.5 Å². The molecule has 0 saturated carbocycles. The van der Waals surface area contributed by atoms with E-state index in [1.54, 1.807) is 0 Å². The molecule has 0 aliphatic carbocycles. The van der Waals surface area contributed by atoms with Crippen molar-refractivity contribution in [1.29, 1.82) is 0 Å². The summed E-state index contributed by atoms with van der Waals surface area (Å²) >= 11 is 0.480. The minimum Gasteiger partial charge on any atom is -0.691 e. The Kier molecular flexibility index (Phi) is 28.4. The van der Waals surface area contributed by atoms with Crippen molar-refractivity contribution in [2.24, 2.45) is 0 Å². The quantitative estimate of drug-likeness (QED) is 0.0591. The molecule has 1 unspecified atom stereocenters. The van der Waals surface area contributed by atoms with E-state index in [1.165, 1.54) is 51.4 Å². The zero-order chi connectivity index (χ0) is 22.3. The van der Waals surface area contributed by atoms with Crippen molar-refractivity contribution in [3.63, 3.8) is 0 Å². The first-order valence-corrected chi connectivity index (χ1v) is 12.4. The summed E-state index contributed by atoms with van der Waals surface area (Å²) in [5.74, 6) is -1.11. The molecule has 0 spiro atoms. The fraction of sp³-hybridized carbons (Fsp3) is 0.909. The molecule has 0 fully saturated rings. The Bertz CT molecular complexity index is 413. The van der Waals surface area contributed by atoms with Gasteiger partial charge in [-0.05, 0) is 12.8 Å². The molecule has 0 amide bonds. The summed E-state index contributed by atoms with van der Waals surface area (Å²) in [7, 11) is 0. The van der Waals surface area contributed by atoms with Gasteiger partial charge in [0.25, 0.3) is 0 Å². The SMILES string of the molecule is CCCCCCCCCOC(=O)CC(SOO[O-])C(=O)OCCCCCCCCC.[Na+]. The van der Waals surface area contributed by atoms with Crippen LogP contribution < -0.4 is 34.8 Å². The molecule has 0 rings (SSSR count). The van der Waals surface area contributed by atoms with E-state index in [4.69, 9.17) is 9.47 Å². The van der Waals surface area contributed by atoms with Gasteiger partial charge in [0.15, 0.2) is 0 Å². The van der Waals surface area contributed by atoms with Gasteiger partial charge in [0.2, 0.25) is 0 Å². The maximum Gasteiger partial charge on any atom is 1.00 e. The Labute approximate surface area is 215 Å². The van der Waals surface area contributed by atoms with Crippen LogP contribution in [0.5, 0.6) is 0 Å². The van der Waals surface area contributed by atoms with E-state index in [0.717, 1.165) is 38.5 Å². The standard InChI is InChI=1S/C22H42O7S.Na/c1-3-5-7-9-11-13-15-17-26-21(23)19-20(30-29-28-25)22(24)27-18-16-14-12-10-8-6-4-2;/h20,25H,3-19H2,1-2H3;/q;+1/p-1. The molecular formula is C22H41NaO7S. The van der Waals surface area contributed by atoms with Crippen molar-refractivity contribution in [2.45, 2.75) is 115 Å². The van der Waals surface area contributed by atoms with Crippen LogP contribution in [0.1, 0.15) is 110 Å². The first-order chi connectivity index (χ1) is 14.7. The molecular weight excluding hydrogens is 431 g/mol. The van der Waals surface area contributed by atoms with E-state index in [2.05, 4.69) is 23.2 Å². The third-order valence-electron chi connectivity index (χ3n) is 4.80. The first-order valence-electron chi connectivity index (χ1n) is 11.6. The average molecular weight is 473 g/mol. The molecule has 0 bridgehead atoms. The maximum atomic E-state index is 12.2. The number of unbranched alkanes of at least 4 members (excludes halogenated alkanes) is 12. The molecule has 0 N–H and O–H groups in total. The van der Waals surface area contributed by atoms with Gasteiger partial charge in [0.05, 0.1) is 19.6 Å². The summed E-state index contributed by atoms with van der Waals surface area (Å²) in [5, 5.41) is 12.4. The van der Waals surface area contributed by atoms with Crippen molar-refractivity contribution in [3.8, 4) is 0 Å². The number of esters is 2. The topological polar surface area (TPSA) is 94.1 Å². The van der Waals surface area contributed by atoms with Crippen LogP contribution in [0.2, 0.25) is 0 Å². The van der Waals surface area contributed by atoms with Crippen molar-refractivity contribution >= 4 is 24.0 Å². The van der Waals surface area contributed by atoms with Crippen LogP contribution in [0.3, 0.4) is 0 Å². The Morgan fingerprint density at radius 3 is 1.68 bits per heavy atom. The van der Waals surface area contributed by atoms with Gasteiger partial charge in [-0.25, -0.2) is 0 Å². The van der Waals surface area contributed by atoms with Crippen molar-refractivity contribution in [3.05, 3.63) is 0 Å². The van der Waals surface area contributed by atoms with Gasteiger partial charge in [-0.3, -0.25) is 14.6 Å². The summed E-state index contributed by atoms with van der Waals surface area (Å²) in [6.45, 7) is 4.98. The van der Waals surface area contributed by atoms with E-state index in [-0.39, 0.29) is 42.6 Å². The van der Waals surface area contributed by atoms with Crippen LogP contribution >= 0.6 is 12.0 Å². The molecule has 0 saturated heterocycles. The monoisotopic (exact) mass is 472 g/mol. The number of rotatable bonds is 22. The number of hydrogen-bond donors (Lipinski definition) is 0. The zero-order valence-electron chi connectivity index (χ0n) is 19.9. The smallest absolute Gasteiger partial charge is 0.691 e. The molecule has 1 atom stereocenters. The van der Waals surface area contributed by atoms with Crippen LogP contribution in [0.15, 0.2) is 0 Å². The minimum atomic E-state index is -0.981. The van der Waals surface area contributed by atoms with Gasteiger partial charge in [0, 0.05) is 12.0 Å². The Morgan fingerprint density at radius 1 is 0.742 bits per heavy atom. The van der Waals surface area contributed by atoms with Crippen LogP contribution in [-0.2, 0) is 28.4 Å². The van der Waals surface area contributed by atoms with E-state index in [9.17, 15) is 14.8 Å². The molecule has 178 valence electrons. The van der Waals surface area contributed by atoms with E-state index >= 15 is 0 Å². The fourth-order valence-electron chi connectivity index (χ4n) is 3.00. The zero-order valence-corrected chi connectivity index (χ0v) is 22.7. The molecule has 0 heterocycles. The third-order valence-corrected chi connectivity index (χ3v) is 5.53. The predicted molar refractivity (Wildman–Crippen MR) is 116 cm³/mol. The van der Waals surface area contributed by atoms with Crippen LogP contribution in [-0.4, -0.2) is 30.4 Å². The molecule has 0 aromatic carbocycles. The van der Waals surface area contributed by atoms with Gasteiger partial charge < -0.3 is 14.7 Å². The van der Waals surface area contributed by atoms with E-state index in [0.29, 0.717) is 18.6 Å². The van der Waals surface area contributed by atoms with Gasteiger partial charge in [-0.1, -0.05) is 90.9 Å². The van der Waals surface area contributed by atoms with Crippen LogP contribution in [0, 0.1) is 0 Å². The Morgan fingerprint density at radius 2 is 1.19 bits per heavy atom. The summed E-state index contributed by atoms with van der Waals surface area (Å²) < 4.78 is 14.6. The molecule has 0 aliphatic rings. The van der Waals surface area contributed by atoms with Crippen LogP contribution in [0.25, 0.3) is 0 Å². The second-order valence-electron chi connectivity index (χ2n) is 7.56. The summed E-state index contributed by atoms with van der Waals surface area (Å²) in [6.07, 6.45) is 15.5. The number of carbonyl (C=O) groups excluding carboxylic acids is 2. The molecule has 9 heteroatoms. The van der Waals surface area contributed by atoms with Gasteiger partial charge in [-0.15, -0.1) is 0 Å². The van der Waals surface area contributed by atoms with Crippen LogP contribution in [0.4, 0.5) is 0 Å². The maximum absolute atomic E-state index is 12.2. The fourth-order valence-corrected chi connectivity index (χ4v) is 3.48. The van der Waals surface area contributed by atoms with Gasteiger partial charge in [-0.2, -0.15) is 4.33 Å². The Hall–Kier alpha value is 0.170. The summed E-state index contributed by atoms with van der Waals surface area (Å²) in [6, 6.07) is 0. The van der Waals surface area contributed by atoms with Crippen molar-refractivity contribution < 1.29 is 63.2 Å². The molecule has 0 radical (unpaired) electrons. The summed E-state index contributed by atoms with van der Waals surface area (Å²) in [5.41, 5.74) is 0. The second-order valence-corrected chi connectivity index (χ2v) is 8.45. The molecule has 0 aliphatic heterocycles. The largest absolute Gasteiger partial charge is 1.00 e. The molecule has 7 nitrogen and oxygen atoms in total. The summed E-state index contributed by atoms with van der Waals surface area (Å²) in [4.78, 5) is 24.2. The van der Waals surface area contributed by atoms with E-state index in [1.807, 2.05) is 0 Å². The molecule has 31 heavy (non-hydrogen) atoms. The third kappa shape index (κ3) is 23.1. The number of ether oxygens (including phenoxy) is 2. The number of carbonyl (C=O) groups is 2. The molecule has 0 aromatic rings. The second kappa shape index (κ2) is 26.4.